The van der Waals surface area contributed by atoms with Gasteiger partial charge in [-0.25, -0.2) is 0 Å². The second kappa shape index (κ2) is 9.80. The zero-order valence-electron chi connectivity index (χ0n) is 16.9. The first-order chi connectivity index (χ1) is 14.1. The molecular weight excluding hydrogens is 503 g/mol. The number of hydrogen-bond donors (Lipinski definition) is 2. The van der Waals surface area contributed by atoms with Crippen molar-refractivity contribution in [1.82, 2.24) is 10.6 Å². The SMILES string of the molecule is CN=C(NCc1cc(OC)ccc1OC(F)F)NCC1C2Cc3ccccc3C12.I. The van der Waals surface area contributed by atoms with E-state index >= 15 is 0 Å². The molecule has 2 aliphatic rings. The highest BCUT2D eigenvalue weighted by molar-refractivity contribution is 14.0. The van der Waals surface area contributed by atoms with E-state index in [1.807, 2.05) is 0 Å². The molecule has 0 bridgehead atoms. The third-order valence-corrected chi connectivity index (χ3v) is 5.86. The van der Waals surface area contributed by atoms with Gasteiger partial charge in [-0.05, 0) is 53.5 Å². The van der Waals surface area contributed by atoms with Gasteiger partial charge in [0, 0.05) is 25.7 Å². The summed E-state index contributed by atoms with van der Waals surface area (Å²) in [5.74, 6) is 3.30. The van der Waals surface area contributed by atoms with Crippen LogP contribution < -0.4 is 20.1 Å². The summed E-state index contributed by atoms with van der Waals surface area (Å²) < 4.78 is 35.1. The molecule has 2 aliphatic carbocycles. The van der Waals surface area contributed by atoms with Gasteiger partial charge in [-0.3, -0.25) is 4.99 Å². The summed E-state index contributed by atoms with van der Waals surface area (Å²) in [6.45, 7) is -1.75. The van der Waals surface area contributed by atoms with Crippen LogP contribution in [0.2, 0.25) is 0 Å². The third kappa shape index (κ3) is 4.79. The minimum Gasteiger partial charge on any atom is -0.497 e. The van der Waals surface area contributed by atoms with Gasteiger partial charge in [0.15, 0.2) is 5.96 Å². The maximum absolute atomic E-state index is 12.7. The molecule has 0 saturated heterocycles. The van der Waals surface area contributed by atoms with E-state index in [4.69, 9.17) is 4.74 Å². The summed E-state index contributed by atoms with van der Waals surface area (Å²) in [6.07, 6.45) is 1.15. The molecule has 5 nitrogen and oxygen atoms in total. The molecule has 0 amide bonds. The van der Waals surface area contributed by atoms with Crippen LogP contribution in [0.1, 0.15) is 22.6 Å². The second-order valence-electron chi connectivity index (χ2n) is 7.42. The van der Waals surface area contributed by atoms with E-state index in [1.54, 1.807) is 19.2 Å². The lowest BCUT2D eigenvalue weighted by Crippen LogP contribution is -2.38. The van der Waals surface area contributed by atoms with Gasteiger partial charge in [0.05, 0.1) is 7.11 Å². The number of ether oxygens (including phenoxy) is 2. The smallest absolute Gasteiger partial charge is 0.387 e. The van der Waals surface area contributed by atoms with Crippen molar-refractivity contribution in [1.29, 1.82) is 0 Å². The minimum absolute atomic E-state index is 0. The number of guanidine groups is 1. The van der Waals surface area contributed by atoms with Crippen molar-refractivity contribution in [2.24, 2.45) is 16.8 Å². The number of methoxy groups -OCH3 is 1. The molecular formula is C22H26F2IN3O2. The van der Waals surface area contributed by atoms with E-state index in [0.29, 0.717) is 41.6 Å². The number of rotatable bonds is 7. The number of alkyl halides is 2. The molecule has 2 aromatic rings. The molecule has 3 atom stereocenters. The minimum atomic E-state index is -2.88. The van der Waals surface area contributed by atoms with Gasteiger partial charge in [-0.1, -0.05) is 24.3 Å². The highest BCUT2D eigenvalue weighted by Gasteiger charge is 2.54. The quantitative estimate of drug-likeness (QED) is 0.322. The number of fused-ring (bicyclic) bond motifs is 3. The first kappa shape index (κ1) is 22.6. The fraction of sp³-hybridized carbons (Fsp3) is 0.409. The highest BCUT2D eigenvalue weighted by Crippen LogP contribution is 2.60. The van der Waals surface area contributed by atoms with E-state index in [0.717, 1.165) is 13.0 Å². The molecule has 0 spiro atoms. The zero-order chi connectivity index (χ0) is 20.4. The van der Waals surface area contributed by atoms with E-state index in [1.165, 1.54) is 24.3 Å². The summed E-state index contributed by atoms with van der Waals surface area (Å²) in [5.41, 5.74) is 3.54. The molecule has 0 heterocycles. The van der Waals surface area contributed by atoms with Crippen LogP contribution in [0.15, 0.2) is 47.5 Å². The van der Waals surface area contributed by atoms with Crippen LogP contribution in [0.4, 0.5) is 8.78 Å². The molecule has 4 rings (SSSR count). The highest BCUT2D eigenvalue weighted by atomic mass is 127. The number of aliphatic imine (C=N–C) groups is 1. The Kier molecular flexibility index (Phi) is 7.38. The van der Waals surface area contributed by atoms with Gasteiger partial charge < -0.3 is 20.1 Å². The Bertz CT molecular complexity index is 910. The normalized spacial score (nSPS) is 21.4. The van der Waals surface area contributed by atoms with Crippen molar-refractivity contribution in [3.05, 3.63) is 59.2 Å². The summed E-state index contributed by atoms with van der Waals surface area (Å²) >= 11 is 0. The van der Waals surface area contributed by atoms with Crippen LogP contribution in [0.25, 0.3) is 0 Å². The van der Waals surface area contributed by atoms with Gasteiger partial charge in [-0.2, -0.15) is 8.78 Å². The molecule has 1 fully saturated rings. The first-order valence-corrected chi connectivity index (χ1v) is 9.74. The lowest BCUT2D eigenvalue weighted by molar-refractivity contribution is -0.0504. The van der Waals surface area contributed by atoms with E-state index in [2.05, 4.69) is 44.6 Å². The number of hydrogen-bond acceptors (Lipinski definition) is 3. The van der Waals surface area contributed by atoms with Gasteiger partial charge in [0.25, 0.3) is 0 Å². The molecule has 1 saturated carbocycles. The molecule has 0 aromatic heterocycles. The Morgan fingerprint density at radius 3 is 2.73 bits per heavy atom. The predicted molar refractivity (Wildman–Crippen MR) is 123 cm³/mol. The van der Waals surface area contributed by atoms with Crippen LogP contribution in [-0.2, 0) is 13.0 Å². The van der Waals surface area contributed by atoms with Gasteiger partial charge in [0.1, 0.15) is 11.5 Å². The monoisotopic (exact) mass is 529 g/mol. The summed E-state index contributed by atoms with van der Waals surface area (Å²) in [7, 11) is 3.23. The Morgan fingerprint density at radius 1 is 1.20 bits per heavy atom. The largest absolute Gasteiger partial charge is 0.497 e. The molecule has 0 radical (unpaired) electrons. The number of halogens is 3. The molecule has 162 valence electrons. The van der Waals surface area contributed by atoms with Gasteiger partial charge in [-0.15, -0.1) is 24.0 Å². The van der Waals surface area contributed by atoms with Gasteiger partial charge >= 0.3 is 6.61 Å². The van der Waals surface area contributed by atoms with Gasteiger partial charge in [0.2, 0.25) is 0 Å². The lowest BCUT2D eigenvalue weighted by atomic mass is 10.0. The average molecular weight is 529 g/mol. The Labute approximate surface area is 192 Å². The van der Waals surface area contributed by atoms with Crippen LogP contribution in [0.5, 0.6) is 11.5 Å². The maximum Gasteiger partial charge on any atom is 0.387 e. The van der Waals surface area contributed by atoms with Crippen molar-refractivity contribution in [3.63, 3.8) is 0 Å². The Balaban J connectivity index is 0.00000256. The van der Waals surface area contributed by atoms with Crippen molar-refractivity contribution in [3.8, 4) is 11.5 Å². The summed E-state index contributed by atoms with van der Waals surface area (Å²) in [5, 5.41) is 6.55. The number of benzene rings is 2. The molecule has 0 aliphatic heterocycles. The fourth-order valence-corrected chi connectivity index (χ4v) is 4.41. The molecule has 2 N–H and O–H groups in total. The Hall–Kier alpha value is -2.10. The standard InChI is InChI=1S/C22H25F2N3O2.HI/c1-25-22(26-11-14-9-15(28-2)7-8-19(14)29-21(23)24)27-12-18-17-10-13-5-3-4-6-16(13)20(17)18;/h3-9,17-18,20-21H,10-12H2,1-2H3,(H2,25,26,27);1H. The van der Waals surface area contributed by atoms with Crippen molar-refractivity contribution < 1.29 is 18.3 Å². The fourth-order valence-electron chi connectivity index (χ4n) is 4.41. The number of nitrogens with one attached hydrogen (secondary N) is 2. The van der Waals surface area contributed by atoms with Crippen molar-refractivity contribution in [2.45, 2.75) is 25.5 Å². The maximum atomic E-state index is 12.7. The van der Waals surface area contributed by atoms with Crippen molar-refractivity contribution >= 4 is 29.9 Å². The zero-order valence-corrected chi connectivity index (χ0v) is 19.2. The molecule has 30 heavy (non-hydrogen) atoms. The van der Waals surface area contributed by atoms with E-state index in [-0.39, 0.29) is 29.7 Å². The summed E-state index contributed by atoms with van der Waals surface area (Å²) in [4.78, 5) is 4.25. The second-order valence-corrected chi connectivity index (χ2v) is 7.42. The third-order valence-electron chi connectivity index (χ3n) is 5.86. The van der Waals surface area contributed by atoms with Crippen molar-refractivity contribution in [2.75, 3.05) is 20.7 Å². The molecule has 8 heteroatoms. The van der Waals surface area contributed by atoms with Crippen LogP contribution in [0, 0.1) is 11.8 Å². The topological polar surface area (TPSA) is 54.9 Å². The predicted octanol–water partition coefficient (Wildman–Crippen LogP) is 4.17. The average Bonchev–Trinajstić information content (AvgIpc) is 3.26. The molecule has 2 aromatic carbocycles. The van der Waals surface area contributed by atoms with Crippen LogP contribution in [-0.4, -0.2) is 33.3 Å². The van der Waals surface area contributed by atoms with E-state index in [9.17, 15) is 8.78 Å². The Morgan fingerprint density at radius 2 is 2.00 bits per heavy atom. The number of nitrogens with zero attached hydrogens (tertiary/aromatic N) is 1. The van der Waals surface area contributed by atoms with Crippen LogP contribution >= 0.6 is 24.0 Å². The first-order valence-electron chi connectivity index (χ1n) is 9.74. The van der Waals surface area contributed by atoms with E-state index < -0.39 is 6.61 Å². The molecule has 3 unspecified atom stereocenters. The summed E-state index contributed by atoms with van der Waals surface area (Å²) in [6, 6.07) is 13.4. The lowest BCUT2D eigenvalue weighted by Gasteiger charge is -2.16. The van der Waals surface area contributed by atoms with Crippen LogP contribution in [0.3, 0.4) is 0 Å².